The van der Waals surface area contributed by atoms with Crippen LogP contribution in [0.15, 0.2) is 60.7 Å². The first-order valence-corrected chi connectivity index (χ1v) is 6.24. The third-order valence-corrected chi connectivity index (χ3v) is 2.91. The van der Waals surface area contributed by atoms with Crippen LogP contribution in [0.5, 0.6) is 5.75 Å². The maximum atomic E-state index is 12.2. The number of methoxy groups -OCH3 is 2. The van der Waals surface area contributed by atoms with E-state index in [9.17, 15) is 4.79 Å². The Labute approximate surface area is 118 Å². The van der Waals surface area contributed by atoms with Crippen molar-refractivity contribution in [3.8, 4) is 5.75 Å². The van der Waals surface area contributed by atoms with Crippen LogP contribution in [-0.2, 0) is 4.74 Å². The molecule has 2 aromatic rings. The molecule has 2 rings (SSSR count). The van der Waals surface area contributed by atoms with E-state index in [1.807, 2.05) is 42.5 Å². The molecule has 0 amide bonds. The quantitative estimate of drug-likeness (QED) is 0.472. The zero-order valence-electron chi connectivity index (χ0n) is 11.5. The third kappa shape index (κ3) is 3.06. The molecule has 3 nitrogen and oxygen atoms in total. The number of para-hydroxylation sites is 1. The molecule has 20 heavy (non-hydrogen) atoms. The van der Waals surface area contributed by atoms with Gasteiger partial charge in [0.25, 0.3) is 0 Å². The van der Waals surface area contributed by atoms with Gasteiger partial charge in [0.15, 0.2) is 5.78 Å². The number of allylic oxidation sites excluding steroid dienone is 1. The fraction of sp³-hybridized carbons (Fsp3) is 0.118. The minimum absolute atomic E-state index is 0.103. The molecule has 0 heterocycles. The van der Waals surface area contributed by atoms with Crippen molar-refractivity contribution < 1.29 is 14.3 Å². The third-order valence-electron chi connectivity index (χ3n) is 2.91. The molecule has 0 aliphatic carbocycles. The standard InChI is InChI=1S/C17H16O3/c1-19-16-11-7-6-10-14(16)17(20-2)12-15(18)13-8-4-3-5-9-13/h3-12H,1-2H3/b17-12+. The van der Waals surface area contributed by atoms with Crippen LogP contribution < -0.4 is 4.74 Å². The van der Waals surface area contributed by atoms with E-state index in [-0.39, 0.29) is 5.78 Å². The van der Waals surface area contributed by atoms with Crippen molar-refractivity contribution in [1.82, 2.24) is 0 Å². The fourth-order valence-electron chi connectivity index (χ4n) is 1.90. The van der Waals surface area contributed by atoms with E-state index in [2.05, 4.69) is 0 Å². The van der Waals surface area contributed by atoms with Gasteiger partial charge in [-0.2, -0.15) is 0 Å². The Kier molecular flexibility index (Phi) is 4.56. The molecule has 0 unspecified atom stereocenters. The average Bonchev–Trinajstić information content (AvgIpc) is 2.53. The Hall–Kier alpha value is -2.55. The van der Waals surface area contributed by atoms with Gasteiger partial charge in [0.05, 0.1) is 19.8 Å². The first-order chi connectivity index (χ1) is 9.76. The Morgan fingerprint density at radius 2 is 1.60 bits per heavy atom. The van der Waals surface area contributed by atoms with E-state index in [0.29, 0.717) is 17.1 Å². The summed E-state index contributed by atoms with van der Waals surface area (Å²) in [6, 6.07) is 16.5. The number of benzene rings is 2. The van der Waals surface area contributed by atoms with Crippen LogP contribution in [0, 0.1) is 0 Å². The van der Waals surface area contributed by atoms with Gasteiger partial charge < -0.3 is 9.47 Å². The summed E-state index contributed by atoms with van der Waals surface area (Å²) in [6.07, 6.45) is 1.48. The number of hydrogen-bond donors (Lipinski definition) is 0. The van der Waals surface area contributed by atoms with Crippen LogP contribution in [0.3, 0.4) is 0 Å². The van der Waals surface area contributed by atoms with E-state index < -0.39 is 0 Å². The number of ketones is 1. The van der Waals surface area contributed by atoms with Gasteiger partial charge in [-0.15, -0.1) is 0 Å². The predicted octanol–water partition coefficient (Wildman–Crippen LogP) is 3.57. The molecule has 0 bridgehead atoms. The highest BCUT2D eigenvalue weighted by Gasteiger charge is 2.11. The maximum absolute atomic E-state index is 12.2. The van der Waals surface area contributed by atoms with Crippen molar-refractivity contribution in [3.63, 3.8) is 0 Å². The molecule has 3 heteroatoms. The lowest BCUT2D eigenvalue weighted by atomic mass is 10.1. The molecule has 0 saturated heterocycles. The molecule has 2 aromatic carbocycles. The van der Waals surface area contributed by atoms with Gasteiger partial charge >= 0.3 is 0 Å². The van der Waals surface area contributed by atoms with Crippen molar-refractivity contribution in [2.45, 2.75) is 0 Å². The summed E-state index contributed by atoms with van der Waals surface area (Å²) in [4.78, 5) is 12.2. The Bertz CT molecular complexity index is 615. The molecule has 0 spiro atoms. The molecular weight excluding hydrogens is 252 g/mol. The summed E-state index contributed by atoms with van der Waals surface area (Å²) >= 11 is 0. The number of hydrogen-bond acceptors (Lipinski definition) is 3. The second-order valence-corrected chi connectivity index (χ2v) is 4.14. The highest BCUT2D eigenvalue weighted by atomic mass is 16.5. The summed E-state index contributed by atoms with van der Waals surface area (Å²) in [5, 5.41) is 0. The molecule has 0 radical (unpaired) electrons. The van der Waals surface area contributed by atoms with Crippen LogP contribution in [0.4, 0.5) is 0 Å². The lowest BCUT2D eigenvalue weighted by Crippen LogP contribution is -1.99. The second kappa shape index (κ2) is 6.57. The molecule has 0 aliphatic rings. The molecule has 0 aromatic heterocycles. The molecule has 0 aliphatic heterocycles. The zero-order valence-corrected chi connectivity index (χ0v) is 11.5. The fourth-order valence-corrected chi connectivity index (χ4v) is 1.90. The highest BCUT2D eigenvalue weighted by Crippen LogP contribution is 2.26. The van der Waals surface area contributed by atoms with Crippen LogP contribution in [0.2, 0.25) is 0 Å². The molecule has 0 fully saturated rings. The van der Waals surface area contributed by atoms with Crippen molar-refractivity contribution in [2.24, 2.45) is 0 Å². The van der Waals surface area contributed by atoms with Gasteiger partial charge in [-0.3, -0.25) is 4.79 Å². The van der Waals surface area contributed by atoms with E-state index >= 15 is 0 Å². The van der Waals surface area contributed by atoms with Crippen LogP contribution in [0.25, 0.3) is 5.76 Å². The van der Waals surface area contributed by atoms with Crippen molar-refractivity contribution >= 4 is 11.5 Å². The molecule has 0 N–H and O–H groups in total. The highest BCUT2D eigenvalue weighted by molar-refractivity contribution is 6.08. The normalized spacial score (nSPS) is 11.0. The maximum Gasteiger partial charge on any atom is 0.189 e. The first kappa shape index (κ1) is 13.9. The topological polar surface area (TPSA) is 35.5 Å². The predicted molar refractivity (Wildman–Crippen MR) is 78.8 cm³/mol. The Morgan fingerprint density at radius 1 is 0.950 bits per heavy atom. The van der Waals surface area contributed by atoms with Gasteiger partial charge in [0.1, 0.15) is 11.5 Å². The molecular formula is C17H16O3. The van der Waals surface area contributed by atoms with Gasteiger partial charge in [-0.1, -0.05) is 42.5 Å². The van der Waals surface area contributed by atoms with Crippen LogP contribution in [-0.4, -0.2) is 20.0 Å². The van der Waals surface area contributed by atoms with E-state index in [0.717, 1.165) is 5.56 Å². The summed E-state index contributed by atoms with van der Waals surface area (Å²) in [6.45, 7) is 0. The monoisotopic (exact) mass is 268 g/mol. The largest absolute Gasteiger partial charge is 0.496 e. The van der Waals surface area contributed by atoms with Gasteiger partial charge in [0.2, 0.25) is 0 Å². The Balaban J connectivity index is 2.37. The molecule has 0 atom stereocenters. The second-order valence-electron chi connectivity index (χ2n) is 4.14. The lowest BCUT2D eigenvalue weighted by molar-refractivity contribution is 0.104. The number of rotatable bonds is 5. The van der Waals surface area contributed by atoms with Crippen molar-refractivity contribution in [2.75, 3.05) is 14.2 Å². The Morgan fingerprint density at radius 3 is 2.25 bits per heavy atom. The van der Waals surface area contributed by atoms with Crippen molar-refractivity contribution in [1.29, 1.82) is 0 Å². The summed E-state index contributed by atoms with van der Waals surface area (Å²) in [7, 11) is 3.13. The molecule has 102 valence electrons. The SMILES string of the molecule is CO/C(=C/C(=O)c1ccccc1)c1ccccc1OC. The summed E-state index contributed by atoms with van der Waals surface area (Å²) in [5.74, 6) is 1.05. The summed E-state index contributed by atoms with van der Waals surface area (Å²) in [5.41, 5.74) is 1.37. The smallest absolute Gasteiger partial charge is 0.189 e. The van der Waals surface area contributed by atoms with Gasteiger partial charge in [-0.25, -0.2) is 0 Å². The van der Waals surface area contributed by atoms with E-state index in [1.165, 1.54) is 13.2 Å². The van der Waals surface area contributed by atoms with Crippen LogP contribution in [0.1, 0.15) is 15.9 Å². The van der Waals surface area contributed by atoms with Gasteiger partial charge in [0, 0.05) is 11.6 Å². The van der Waals surface area contributed by atoms with Crippen LogP contribution >= 0.6 is 0 Å². The average molecular weight is 268 g/mol. The van der Waals surface area contributed by atoms with E-state index in [1.54, 1.807) is 19.2 Å². The van der Waals surface area contributed by atoms with Gasteiger partial charge in [-0.05, 0) is 12.1 Å². The number of ether oxygens (including phenoxy) is 2. The zero-order chi connectivity index (χ0) is 14.4. The minimum Gasteiger partial charge on any atom is -0.496 e. The lowest BCUT2D eigenvalue weighted by Gasteiger charge is -2.10. The van der Waals surface area contributed by atoms with Crippen molar-refractivity contribution in [3.05, 3.63) is 71.8 Å². The molecule has 0 saturated carbocycles. The first-order valence-electron chi connectivity index (χ1n) is 6.24. The summed E-state index contributed by atoms with van der Waals surface area (Å²) < 4.78 is 10.6. The number of carbonyl (C=O) groups is 1. The minimum atomic E-state index is -0.103. The number of carbonyl (C=O) groups excluding carboxylic acids is 1. The van der Waals surface area contributed by atoms with E-state index in [4.69, 9.17) is 9.47 Å².